The molecule has 228 valence electrons. The Morgan fingerprint density at radius 2 is 1.47 bits per heavy atom. The number of carbonyl (C=O) groups is 4. The minimum atomic E-state index is -1.56. The Hall–Kier alpha value is -4.62. The molecule has 13 nitrogen and oxygen atoms in total. The number of phenolic OH excluding ortho intramolecular Hbond substituents is 1. The van der Waals surface area contributed by atoms with Crippen molar-refractivity contribution in [1.29, 1.82) is 0 Å². The number of aromatic hydroxyl groups is 1. The summed E-state index contributed by atoms with van der Waals surface area (Å²) in [5.41, 5.74) is 0.105. The van der Waals surface area contributed by atoms with Gasteiger partial charge in [-0.25, -0.2) is 0 Å². The fourth-order valence-corrected chi connectivity index (χ4v) is 4.65. The van der Waals surface area contributed by atoms with Crippen LogP contribution in [0.1, 0.15) is 27.7 Å². The maximum atomic E-state index is 13.2. The van der Waals surface area contributed by atoms with Crippen molar-refractivity contribution in [2.24, 2.45) is 0 Å². The molecule has 1 aromatic heterocycles. The lowest BCUT2D eigenvalue weighted by molar-refractivity contribution is -0.288. The molecular formula is C29H27ClO13. The van der Waals surface area contributed by atoms with Crippen LogP contribution < -0.4 is 10.2 Å². The fraction of sp³-hybridized carbons (Fsp3) is 0.345. The summed E-state index contributed by atoms with van der Waals surface area (Å²) < 4.78 is 38.6. The maximum absolute atomic E-state index is 13.2. The van der Waals surface area contributed by atoms with E-state index in [9.17, 15) is 29.1 Å². The summed E-state index contributed by atoms with van der Waals surface area (Å²) in [7, 11) is 0. The Morgan fingerprint density at radius 1 is 0.860 bits per heavy atom. The first-order valence-corrected chi connectivity index (χ1v) is 13.2. The van der Waals surface area contributed by atoms with Crippen molar-refractivity contribution in [3.63, 3.8) is 0 Å². The van der Waals surface area contributed by atoms with E-state index in [1.807, 2.05) is 0 Å². The summed E-state index contributed by atoms with van der Waals surface area (Å²) in [5, 5.41) is 11.2. The average Bonchev–Trinajstić information content (AvgIpc) is 2.91. The van der Waals surface area contributed by atoms with Crippen LogP contribution in [0.4, 0.5) is 0 Å². The van der Waals surface area contributed by atoms with E-state index in [4.69, 9.17) is 44.4 Å². The standard InChI is InChI=1S/C29H27ClO13/c1-13(31)37-12-23-26(39-14(2)32)27(40-15(3)33)28(41-16(4)34)29(43-23)42-19-9-21(35)24-22(10-19)38-11-20(25(24)36)17-5-7-18(30)8-6-17/h5-11,23,26-29,35H,12H2,1-4H3/t23-,26-,27+,28+,29+/m1/s1. The molecule has 1 aliphatic rings. The number of carbonyl (C=O) groups excluding carboxylic acids is 4. The van der Waals surface area contributed by atoms with Gasteiger partial charge in [-0.1, -0.05) is 23.7 Å². The predicted octanol–water partition coefficient (Wildman–Crippen LogP) is 3.28. The van der Waals surface area contributed by atoms with Crippen LogP contribution in [0.3, 0.4) is 0 Å². The van der Waals surface area contributed by atoms with Gasteiger partial charge in [-0.3, -0.25) is 24.0 Å². The first-order chi connectivity index (χ1) is 20.3. The van der Waals surface area contributed by atoms with Crippen molar-refractivity contribution in [1.82, 2.24) is 0 Å². The molecule has 1 fully saturated rings. The zero-order chi connectivity index (χ0) is 31.4. The van der Waals surface area contributed by atoms with Crippen LogP contribution in [0.2, 0.25) is 5.02 Å². The summed E-state index contributed by atoms with van der Waals surface area (Å²) in [4.78, 5) is 60.8. The quantitative estimate of drug-likeness (QED) is 0.288. The van der Waals surface area contributed by atoms with Crippen molar-refractivity contribution >= 4 is 46.4 Å². The van der Waals surface area contributed by atoms with Gasteiger partial charge in [-0.15, -0.1) is 0 Å². The third kappa shape index (κ3) is 7.43. The van der Waals surface area contributed by atoms with Crippen LogP contribution >= 0.6 is 11.6 Å². The van der Waals surface area contributed by atoms with Crippen LogP contribution in [0.5, 0.6) is 11.5 Å². The van der Waals surface area contributed by atoms with Gasteiger partial charge in [0, 0.05) is 44.9 Å². The highest BCUT2D eigenvalue weighted by molar-refractivity contribution is 6.30. The number of ether oxygens (including phenoxy) is 6. The normalized spacial score (nSPS) is 21.5. The largest absolute Gasteiger partial charge is 0.507 e. The lowest BCUT2D eigenvalue weighted by Gasteiger charge is -2.43. The molecule has 4 rings (SSSR count). The molecule has 14 heteroatoms. The second kappa shape index (κ2) is 13.1. The number of halogens is 1. The molecule has 0 bridgehead atoms. The van der Waals surface area contributed by atoms with Crippen molar-refractivity contribution in [3.8, 4) is 22.6 Å². The van der Waals surface area contributed by atoms with Crippen LogP contribution in [-0.4, -0.2) is 66.3 Å². The number of hydrogen-bond acceptors (Lipinski definition) is 13. The minimum absolute atomic E-state index is 0.0525. The molecule has 3 aromatic rings. The Kier molecular flexibility index (Phi) is 9.56. The highest BCUT2D eigenvalue weighted by Gasteiger charge is 2.53. The molecule has 1 aliphatic heterocycles. The second-order valence-electron chi connectivity index (χ2n) is 9.49. The maximum Gasteiger partial charge on any atom is 0.303 e. The Labute approximate surface area is 249 Å². The SMILES string of the molecule is CC(=O)OC[C@H]1O[C@H](Oc2cc(O)c3c(=O)c(-c4ccc(Cl)cc4)coc3c2)[C@@H](OC(C)=O)[C@@H](OC(C)=O)[C@@H]1OC(C)=O. The lowest BCUT2D eigenvalue weighted by atomic mass is 9.98. The molecular weight excluding hydrogens is 592 g/mol. The molecule has 5 atom stereocenters. The van der Waals surface area contributed by atoms with Gasteiger partial charge < -0.3 is 37.9 Å². The van der Waals surface area contributed by atoms with Crippen LogP contribution in [0.25, 0.3) is 22.1 Å². The van der Waals surface area contributed by atoms with E-state index >= 15 is 0 Å². The molecule has 0 radical (unpaired) electrons. The number of benzene rings is 2. The van der Waals surface area contributed by atoms with Gasteiger partial charge in [0.15, 0.2) is 12.2 Å². The summed E-state index contributed by atoms with van der Waals surface area (Å²) in [6.45, 7) is 3.96. The first-order valence-electron chi connectivity index (χ1n) is 12.9. The molecule has 2 heterocycles. The van der Waals surface area contributed by atoms with E-state index in [-0.39, 0.29) is 22.3 Å². The van der Waals surface area contributed by atoms with Crippen LogP contribution in [0, 0.1) is 0 Å². The van der Waals surface area contributed by atoms with Crippen molar-refractivity contribution in [2.75, 3.05) is 6.61 Å². The molecule has 0 aliphatic carbocycles. The minimum Gasteiger partial charge on any atom is -0.507 e. The summed E-state index contributed by atoms with van der Waals surface area (Å²) >= 11 is 5.94. The Bertz CT molecular complexity index is 1600. The summed E-state index contributed by atoms with van der Waals surface area (Å²) in [6.07, 6.45) is -5.93. The van der Waals surface area contributed by atoms with E-state index in [1.54, 1.807) is 24.3 Å². The lowest BCUT2D eigenvalue weighted by Crippen LogP contribution is -2.63. The molecule has 0 amide bonds. The molecule has 2 aromatic carbocycles. The van der Waals surface area contributed by atoms with Crippen molar-refractivity contribution < 1.29 is 57.1 Å². The second-order valence-corrected chi connectivity index (χ2v) is 9.92. The molecule has 43 heavy (non-hydrogen) atoms. The van der Waals surface area contributed by atoms with E-state index in [1.165, 1.54) is 12.3 Å². The predicted molar refractivity (Wildman–Crippen MR) is 147 cm³/mol. The number of hydrogen-bond donors (Lipinski definition) is 1. The highest BCUT2D eigenvalue weighted by Crippen LogP contribution is 2.35. The van der Waals surface area contributed by atoms with Gasteiger partial charge in [-0.05, 0) is 17.7 Å². The number of fused-ring (bicyclic) bond motifs is 1. The Balaban J connectivity index is 1.74. The van der Waals surface area contributed by atoms with Gasteiger partial charge in [0.25, 0.3) is 0 Å². The number of rotatable bonds is 8. The van der Waals surface area contributed by atoms with Gasteiger partial charge in [0.1, 0.15) is 41.4 Å². The van der Waals surface area contributed by atoms with Crippen molar-refractivity contribution in [2.45, 2.75) is 58.4 Å². The summed E-state index contributed by atoms with van der Waals surface area (Å²) in [5.74, 6) is -3.70. The van der Waals surface area contributed by atoms with E-state index in [0.717, 1.165) is 33.8 Å². The molecule has 0 saturated carbocycles. The Morgan fingerprint density at radius 3 is 2.07 bits per heavy atom. The zero-order valence-electron chi connectivity index (χ0n) is 23.4. The third-order valence-electron chi connectivity index (χ3n) is 6.19. The van der Waals surface area contributed by atoms with E-state index < -0.39 is 72.4 Å². The van der Waals surface area contributed by atoms with Crippen LogP contribution in [0.15, 0.2) is 51.9 Å². The van der Waals surface area contributed by atoms with Gasteiger partial charge in [-0.2, -0.15) is 0 Å². The smallest absolute Gasteiger partial charge is 0.303 e. The first kappa shape index (κ1) is 31.3. The van der Waals surface area contributed by atoms with Crippen LogP contribution in [-0.2, 0) is 42.9 Å². The number of esters is 4. The van der Waals surface area contributed by atoms with E-state index in [2.05, 4.69) is 0 Å². The third-order valence-corrected chi connectivity index (χ3v) is 6.44. The fourth-order valence-electron chi connectivity index (χ4n) is 4.52. The monoisotopic (exact) mass is 618 g/mol. The average molecular weight is 619 g/mol. The van der Waals surface area contributed by atoms with Gasteiger partial charge in [0.2, 0.25) is 17.8 Å². The highest BCUT2D eigenvalue weighted by atomic mass is 35.5. The molecule has 0 spiro atoms. The van der Waals surface area contributed by atoms with Gasteiger partial charge >= 0.3 is 23.9 Å². The molecule has 1 N–H and O–H groups in total. The van der Waals surface area contributed by atoms with E-state index in [0.29, 0.717) is 10.6 Å². The number of phenols is 1. The van der Waals surface area contributed by atoms with Gasteiger partial charge in [0.05, 0.1) is 5.56 Å². The molecule has 1 saturated heterocycles. The topological polar surface area (TPSA) is 174 Å². The van der Waals surface area contributed by atoms with Crippen molar-refractivity contribution in [3.05, 3.63) is 57.9 Å². The molecule has 0 unspecified atom stereocenters. The zero-order valence-corrected chi connectivity index (χ0v) is 24.1. The summed E-state index contributed by atoms with van der Waals surface area (Å²) in [6, 6.07) is 8.85.